The summed E-state index contributed by atoms with van der Waals surface area (Å²) in [4.78, 5) is 2.17. The fraction of sp³-hybridized carbons (Fsp3) is 0.500. The first-order valence-corrected chi connectivity index (χ1v) is 5.10. The van der Waals surface area contributed by atoms with E-state index >= 15 is 0 Å². The van der Waals surface area contributed by atoms with Crippen molar-refractivity contribution in [3.8, 4) is 0 Å². The number of rotatable bonds is 3. The van der Waals surface area contributed by atoms with Gasteiger partial charge in [-0.1, -0.05) is 0 Å². The molecule has 0 aliphatic heterocycles. The van der Waals surface area contributed by atoms with Crippen molar-refractivity contribution >= 4 is 28.4 Å². The molecule has 4 heteroatoms. The van der Waals surface area contributed by atoms with Crippen LogP contribution in [0.3, 0.4) is 0 Å². The topological polar surface area (TPSA) is 29.0 Å². The van der Waals surface area contributed by atoms with Gasteiger partial charge >= 0.3 is 0 Å². The Balaban J connectivity index is 2.80. The minimum Gasteiger partial charge on any atom is -0.356 e. The van der Waals surface area contributed by atoms with Gasteiger partial charge in [0.1, 0.15) is 3.70 Å². The second kappa shape index (κ2) is 4.59. The van der Waals surface area contributed by atoms with Crippen LogP contribution in [0.1, 0.15) is 13.8 Å². The molecule has 0 atom stereocenters. The fourth-order valence-corrected chi connectivity index (χ4v) is 1.31. The largest absolute Gasteiger partial charge is 0.356 e. The third-order valence-electron chi connectivity index (χ3n) is 1.71. The summed E-state index contributed by atoms with van der Waals surface area (Å²) >= 11 is 2.15. The highest BCUT2D eigenvalue weighted by atomic mass is 127. The minimum absolute atomic E-state index is 0.934. The molecule has 3 nitrogen and oxygen atoms in total. The van der Waals surface area contributed by atoms with Crippen molar-refractivity contribution in [1.82, 2.24) is 10.2 Å². The SMILES string of the molecule is CCN(CC)c1ccc(I)nn1. The first-order chi connectivity index (χ1) is 5.77. The van der Waals surface area contributed by atoms with E-state index in [-0.39, 0.29) is 0 Å². The van der Waals surface area contributed by atoms with Gasteiger partial charge in [-0.15, -0.1) is 10.2 Å². The maximum atomic E-state index is 4.09. The van der Waals surface area contributed by atoms with Gasteiger partial charge in [-0.3, -0.25) is 0 Å². The molecule has 66 valence electrons. The lowest BCUT2D eigenvalue weighted by molar-refractivity contribution is 0.820. The normalized spacial score (nSPS) is 9.92. The van der Waals surface area contributed by atoms with E-state index in [1.165, 1.54) is 0 Å². The van der Waals surface area contributed by atoms with Gasteiger partial charge in [-0.05, 0) is 48.6 Å². The summed E-state index contributed by atoms with van der Waals surface area (Å²) in [5.41, 5.74) is 0. The van der Waals surface area contributed by atoms with Crippen molar-refractivity contribution in [2.75, 3.05) is 18.0 Å². The highest BCUT2D eigenvalue weighted by Crippen LogP contribution is 2.09. The number of hydrogen-bond acceptors (Lipinski definition) is 3. The van der Waals surface area contributed by atoms with Gasteiger partial charge in [0.05, 0.1) is 0 Å². The van der Waals surface area contributed by atoms with Gasteiger partial charge in [0.2, 0.25) is 0 Å². The third kappa shape index (κ3) is 2.30. The fourth-order valence-electron chi connectivity index (χ4n) is 1.03. The standard InChI is InChI=1S/C8H12IN3/c1-3-12(4-2)8-6-5-7(9)10-11-8/h5-6H,3-4H2,1-2H3. The molecule has 0 bridgehead atoms. The maximum absolute atomic E-state index is 4.09. The molecule has 0 fully saturated rings. The predicted molar refractivity (Wildman–Crippen MR) is 58.3 cm³/mol. The second-order valence-electron chi connectivity index (χ2n) is 2.39. The zero-order valence-corrected chi connectivity index (χ0v) is 9.45. The molecular weight excluding hydrogens is 265 g/mol. The van der Waals surface area contributed by atoms with Crippen molar-refractivity contribution < 1.29 is 0 Å². The molecule has 0 saturated heterocycles. The molecule has 0 unspecified atom stereocenters. The highest BCUT2D eigenvalue weighted by Gasteiger charge is 2.02. The van der Waals surface area contributed by atoms with Gasteiger partial charge in [-0.25, -0.2) is 0 Å². The quantitative estimate of drug-likeness (QED) is 0.790. The second-order valence-corrected chi connectivity index (χ2v) is 3.49. The molecule has 0 aliphatic carbocycles. The van der Waals surface area contributed by atoms with E-state index < -0.39 is 0 Å². The highest BCUT2D eigenvalue weighted by molar-refractivity contribution is 14.1. The first kappa shape index (κ1) is 9.70. The van der Waals surface area contributed by atoms with E-state index in [2.05, 4.69) is 51.5 Å². The molecule has 0 radical (unpaired) electrons. The van der Waals surface area contributed by atoms with Crippen LogP contribution in [0.15, 0.2) is 12.1 Å². The monoisotopic (exact) mass is 277 g/mol. The minimum atomic E-state index is 0.934. The van der Waals surface area contributed by atoms with Gasteiger partial charge in [0.25, 0.3) is 0 Å². The predicted octanol–water partition coefficient (Wildman–Crippen LogP) is 1.93. The van der Waals surface area contributed by atoms with E-state index in [0.717, 1.165) is 22.6 Å². The molecular formula is C8H12IN3. The molecule has 12 heavy (non-hydrogen) atoms. The molecule has 0 amide bonds. The van der Waals surface area contributed by atoms with Crippen molar-refractivity contribution in [2.45, 2.75) is 13.8 Å². The van der Waals surface area contributed by atoms with E-state index in [1.807, 2.05) is 12.1 Å². The molecule has 0 aliphatic rings. The number of anilines is 1. The van der Waals surface area contributed by atoms with Crippen LogP contribution in [0.25, 0.3) is 0 Å². The lowest BCUT2D eigenvalue weighted by Gasteiger charge is -2.18. The lowest BCUT2D eigenvalue weighted by Crippen LogP contribution is -2.23. The van der Waals surface area contributed by atoms with Crippen LogP contribution in [0, 0.1) is 3.70 Å². The molecule has 1 aromatic heterocycles. The summed E-state index contributed by atoms with van der Waals surface area (Å²) in [5.74, 6) is 0.959. The van der Waals surface area contributed by atoms with Gasteiger partial charge < -0.3 is 4.90 Å². The van der Waals surface area contributed by atoms with Gasteiger partial charge in [-0.2, -0.15) is 0 Å². The van der Waals surface area contributed by atoms with Crippen molar-refractivity contribution in [1.29, 1.82) is 0 Å². The van der Waals surface area contributed by atoms with Crippen LogP contribution in [-0.4, -0.2) is 23.3 Å². The Hall–Kier alpha value is -0.390. The summed E-state index contributed by atoms with van der Waals surface area (Å²) < 4.78 is 0.934. The Labute approximate surface area is 86.3 Å². The van der Waals surface area contributed by atoms with E-state index in [4.69, 9.17) is 0 Å². The van der Waals surface area contributed by atoms with Crippen LogP contribution < -0.4 is 4.90 Å². The molecule has 1 heterocycles. The Bertz CT molecular complexity index is 231. The van der Waals surface area contributed by atoms with Crippen molar-refractivity contribution in [2.24, 2.45) is 0 Å². The maximum Gasteiger partial charge on any atom is 0.151 e. The van der Waals surface area contributed by atoms with E-state index in [0.29, 0.717) is 0 Å². The average Bonchev–Trinajstić information content (AvgIpc) is 2.10. The molecule has 1 rings (SSSR count). The Morgan fingerprint density at radius 1 is 1.25 bits per heavy atom. The molecule has 0 N–H and O–H groups in total. The van der Waals surface area contributed by atoms with Crippen LogP contribution >= 0.6 is 22.6 Å². The summed E-state index contributed by atoms with van der Waals surface area (Å²) in [6, 6.07) is 3.98. The third-order valence-corrected chi connectivity index (χ3v) is 2.28. The van der Waals surface area contributed by atoms with Crippen LogP contribution in [0.5, 0.6) is 0 Å². The summed E-state index contributed by atoms with van der Waals surface area (Å²) in [7, 11) is 0. The Morgan fingerprint density at radius 3 is 2.33 bits per heavy atom. The summed E-state index contributed by atoms with van der Waals surface area (Å²) in [6.07, 6.45) is 0. The zero-order chi connectivity index (χ0) is 8.97. The summed E-state index contributed by atoms with van der Waals surface area (Å²) in [5, 5.41) is 8.08. The number of aromatic nitrogens is 2. The smallest absolute Gasteiger partial charge is 0.151 e. The van der Waals surface area contributed by atoms with Crippen LogP contribution in [0.4, 0.5) is 5.82 Å². The molecule has 0 aromatic carbocycles. The van der Waals surface area contributed by atoms with E-state index in [9.17, 15) is 0 Å². The van der Waals surface area contributed by atoms with Gasteiger partial charge in [0.15, 0.2) is 5.82 Å². The summed E-state index contributed by atoms with van der Waals surface area (Å²) in [6.45, 7) is 6.18. The lowest BCUT2D eigenvalue weighted by atomic mass is 10.4. The molecule has 0 saturated carbocycles. The zero-order valence-electron chi connectivity index (χ0n) is 7.29. The number of halogens is 1. The molecule has 1 aromatic rings. The van der Waals surface area contributed by atoms with Crippen LogP contribution in [0.2, 0.25) is 0 Å². The van der Waals surface area contributed by atoms with E-state index in [1.54, 1.807) is 0 Å². The Kier molecular flexibility index (Phi) is 3.71. The van der Waals surface area contributed by atoms with Gasteiger partial charge in [0, 0.05) is 13.1 Å². The number of nitrogens with zero attached hydrogens (tertiary/aromatic N) is 3. The Morgan fingerprint density at radius 2 is 1.92 bits per heavy atom. The van der Waals surface area contributed by atoms with Crippen molar-refractivity contribution in [3.05, 3.63) is 15.8 Å². The first-order valence-electron chi connectivity index (χ1n) is 4.02. The number of hydrogen-bond donors (Lipinski definition) is 0. The molecule has 0 spiro atoms. The van der Waals surface area contributed by atoms with Crippen LogP contribution in [-0.2, 0) is 0 Å². The van der Waals surface area contributed by atoms with Crippen molar-refractivity contribution in [3.63, 3.8) is 0 Å². The average molecular weight is 277 g/mol.